The summed E-state index contributed by atoms with van der Waals surface area (Å²) >= 11 is 0. The van der Waals surface area contributed by atoms with Crippen LogP contribution in [0.1, 0.15) is 19.3 Å². The molecule has 1 N–H and O–H groups in total. The highest BCUT2D eigenvalue weighted by atomic mass is 16.5. The number of benzene rings is 1. The van der Waals surface area contributed by atoms with Gasteiger partial charge in [-0.3, -0.25) is 4.90 Å². The number of hydrogen-bond donors (Lipinski definition) is 1. The van der Waals surface area contributed by atoms with Crippen molar-refractivity contribution < 1.29 is 4.74 Å². The van der Waals surface area contributed by atoms with Crippen LogP contribution in [0, 0.1) is 0 Å². The molecule has 1 unspecified atom stereocenters. The maximum Gasteiger partial charge on any atom is 0.119 e. The van der Waals surface area contributed by atoms with Crippen LogP contribution in [0.3, 0.4) is 0 Å². The first-order valence-electron chi connectivity index (χ1n) is 7.85. The fourth-order valence-electron chi connectivity index (χ4n) is 3.37. The Bertz CT molecular complexity index is 485. The van der Waals surface area contributed by atoms with Gasteiger partial charge in [-0.1, -0.05) is 6.58 Å². The summed E-state index contributed by atoms with van der Waals surface area (Å²) in [6.07, 6.45) is 3.89. The van der Waals surface area contributed by atoms with Crippen LogP contribution in [-0.4, -0.2) is 49.1 Å². The monoisotopic (exact) mass is 287 g/mol. The Morgan fingerprint density at radius 1 is 1.19 bits per heavy atom. The van der Waals surface area contributed by atoms with Crippen LogP contribution >= 0.6 is 0 Å². The molecular formula is C17H25N3O. The number of nitrogens with zero attached hydrogens (tertiary/aromatic N) is 2. The van der Waals surface area contributed by atoms with Gasteiger partial charge in [-0.2, -0.15) is 0 Å². The fourth-order valence-corrected chi connectivity index (χ4v) is 3.37. The van der Waals surface area contributed by atoms with Gasteiger partial charge in [-0.15, -0.1) is 0 Å². The van der Waals surface area contributed by atoms with Gasteiger partial charge in [0.2, 0.25) is 0 Å². The molecule has 0 amide bonds. The van der Waals surface area contributed by atoms with Crippen molar-refractivity contribution in [1.82, 2.24) is 9.80 Å². The topological polar surface area (TPSA) is 27.7 Å². The molecule has 0 saturated carbocycles. The maximum atomic E-state index is 5.19. The van der Waals surface area contributed by atoms with Crippen molar-refractivity contribution in [3.8, 4) is 5.75 Å². The molecule has 4 nitrogen and oxygen atoms in total. The molecule has 4 heteroatoms. The molecule has 1 aromatic carbocycles. The molecule has 2 fully saturated rings. The van der Waals surface area contributed by atoms with Crippen molar-refractivity contribution in [3.05, 3.63) is 36.7 Å². The third-order valence-electron chi connectivity index (χ3n) is 4.56. The number of fused-ring (bicyclic) bond motifs is 1. The minimum Gasteiger partial charge on any atom is -0.497 e. The predicted octanol–water partition coefficient (Wildman–Crippen LogP) is 2.75. The van der Waals surface area contributed by atoms with Crippen LogP contribution in [0.2, 0.25) is 0 Å². The Balaban J connectivity index is 1.61. The average molecular weight is 287 g/mol. The van der Waals surface area contributed by atoms with E-state index < -0.39 is 0 Å². The smallest absolute Gasteiger partial charge is 0.119 e. The van der Waals surface area contributed by atoms with Gasteiger partial charge in [-0.25, -0.2) is 0 Å². The van der Waals surface area contributed by atoms with E-state index in [0.29, 0.717) is 6.04 Å². The van der Waals surface area contributed by atoms with Crippen molar-refractivity contribution in [2.24, 2.45) is 0 Å². The molecule has 0 aromatic heterocycles. The first-order chi connectivity index (χ1) is 10.3. The number of methoxy groups -OCH3 is 1. The molecule has 1 atom stereocenters. The summed E-state index contributed by atoms with van der Waals surface area (Å²) in [7, 11) is 1.69. The van der Waals surface area contributed by atoms with Gasteiger partial charge in [0.05, 0.1) is 12.9 Å². The molecule has 0 aliphatic carbocycles. The summed E-state index contributed by atoms with van der Waals surface area (Å²) in [4.78, 5) is 5.04. The summed E-state index contributed by atoms with van der Waals surface area (Å²) in [6.45, 7) is 8.94. The molecule has 114 valence electrons. The zero-order valence-corrected chi connectivity index (χ0v) is 12.8. The van der Waals surface area contributed by atoms with E-state index in [0.717, 1.165) is 30.3 Å². The van der Waals surface area contributed by atoms with Gasteiger partial charge in [0, 0.05) is 31.4 Å². The van der Waals surface area contributed by atoms with Gasteiger partial charge in [-0.05, 0) is 50.1 Å². The summed E-state index contributed by atoms with van der Waals surface area (Å²) in [6, 6.07) is 8.71. The Morgan fingerprint density at radius 3 is 2.71 bits per heavy atom. The summed E-state index contributed by atoms with van der Waals surface area (Å²) in [5, 5.41) is 3.43. The lowest BCUT2D eigenvalue weighted by Gasteiger charge is -2.29. The molecule has 2 saturated heterocycles. The molecular weight excluding hydrogens is 262 g/mol. The molecule has 0 spiro atoms. The standard InChI is InChI=1S/C17H25N3O/c1-14(18-15-6-8-17(21-2)9-7-15)20-12-4-11-19-10-3-5-16(19)13-20/h6-9,16,18H,1,3-5,10-13H2,2H3. The van der Waals surface area contributed by atoms with E-state index in [2.05, 4.69) is 21.7 Å². The van der Waals surface area contributed by atoms with Gasteiger partial charge < -0.3 is 15.0 Å². The zero-order chi connectivity index (χ0) is 14.7. The Hall–Kier alpha value is -1.68. The SMILES string of the molecule is C=C(Nc1ccc(OC)cc1)N1CCCN2CCCC2C1. The third kappa shape index (κ3) is 3.32. The molecule has 0 radical (unpaired) electrons. The number of nitrogens with one attached hydrogen (secondary N) is 1. The van der Waals surface area contributed by atoms with E-state index >= 15 is 0 Å². The van der Waals surface area contributed by atoms with E-state index in [9.17, 15) is 0 Å². The predicted molar refractivity (Wildman–Crippen MR) is 86.5 cm³/mol. The molecule has 0 bridgehead atoms. The second-order valence-electron chi connectivity index (χ2n) is 5.93. The van der Waals surface area contributed by atoms with Gasteiger partial charge >= 0.3 is 0 Å². The van der Waals surface area contributed by atoms with E-state index in [1.165, 1.54) is 32.4 Å². The number of hydrogen-bond acceptors (Lipinski definition) is 4. The lowest BCUT2D eigenvalue weighted by Crippen LogP contribution is -2.37. The largest absolute Gasteiger partial charge is 0.497 e. The Labute approximate surface area is 127 Å². The highest BCUT2D eigenvalue weighted by Gasteiger charge is 2.29. The molecule has 2 aliphatic rings. The minimum atomic E-state index is 0.710. The summed E-state index contributed by atoms with van der Waals surface area (Å²) in [5.41, 5.74) is 1.06. The highest BCUT2D eigenvalue weighted by molar-refractivity contribution is 5.49. The number of anilines is 1. The van der Waals surface area contributed by atoms with Crippen LogP contribution in [0.4, 0.5) is 5.69 Å². The van der Waals surface area contributed by atoms with Crippen molar-refractivity contribution >= 4 is 5.69 Å². The second kappa shape index (κ2) is 6.39. The zero-order valence-electron chi connectivity index (χ0n) is 12.8. The van der Waals surface area contributed by atoms with Crippen LogP contribution in [0.5, 0.6) is 5.75 Å². The van der Waals surface area contributed by atoms with E-state index in [4.69, 9.17) is 4.74 Å². The maximum absolute atomic E-state index is 5.19. The molecule has 3 rings (SSSR count). The van der Waals surface area contributed by atoms with Gasteiger partial charge in [0.1, 0.15) is 5.75 Å². The van der Waals surface area contributed by atoms with Crippen molar-refractivity contribution in [1.29, 1.82) is 0 Å². The lowest BCUT2D eigenvalue weighted by atomic mass is 10.2. The van der Waals surface area contributed by atoms with E-state index in [-0.39, 0.29) is 0 Å². The van der Waals surface area contributed by atoms with E-state index in [1.54, 1.807) is 7.11 Å². The second-order valence-corrected chi connectivity index (χ2v) is 5.93. The van der Waals surface area contributed by atoms with Crippen molar-refractivity contribution in [3.63, 3.8) is 0 Å². The van der Waals surface area contributed by atoms with Crippen LogP contribution in [0.15, 0.2) is 36.7 Å². The first kappa shape index (κ1) is 14.3. The van der Waals surface area contributed by atoms with Crippen LogP contribution in [0.25, 0.3) is 0 Å². The number of rotatable bonds is 4. The van der Waals surface area contributed by atoms with Crippen LogP contribution < -0.4 is 10.1 Å². The number of ether oxygens (including phenoxy) is 1. The quantitative estimate of drug-likeness (QED) is 0.921. The first-order valence-corrected chi connectivity index (χ1v) is 7.85. The Morgan fingerprint density at radius 2 is 1.95 bits per heavy atom. The van der Waals surface area contributed by atoms with Crippen molar-refractivity contribution in [2.75, 3.05) is 38.6 Å². The summed E-state index contributed by atoms with van der Waals surface area (Å²) < 4.78 is 5.19. The van der Waals surface area contributed by atoms with Crippen molar-refractivity contribution in [2.45, 2.75) is 25.3 Å². The molecule has 21 heavy (non-hydrogen) atoms. The minimum absolute atomic E-state index is 0.710. The molecule has 2 heterocycles. The normalized spacial score (nSPS) is 22.5. The average Bonchev–Trinajstić information content (AvgIpc) is 2.85. The third-order valence-corrected chi connectivity index (χ3v) is 4.56. The Kier molecular flexibility index (Phi) is 4.34. The lowest BCUT2D eigenvalue weighted by molar-refractivity contribution is 0.244. The van der Waals surface area contributed by atoms with Gasteiger partial charge in [0.15, 0.2) is 0 Å². The van der Waals surface area contributed by atoms with E-state index in [1.807, 2.05) is 24.3 Å². The highest BCUT2D eigenvalue weighted by Crippen LogP contribution is 2.24. The van der Waals surface area contributed by atoms with Crippen LogP contribution in [-0.2, 0) is 0 Å². The molecule has 1 aromatic rings. The van der Waals surface area contributed by atoms with Gasteiger partial charge in [0.25, 0.3) is 0 Å². The fraction of sp³-hybridized carbons (Fsp3) is 0.529. The summed E-state index contributed by atoms with van der Waals surface area (Å²) in [5.74, 6) is 1.89. The molecule has 2 aliphatic heterocycles.